The summed E-state index contributed by atoms with van der Waals surface area (Å²) in [6.07, 6.45) is 7.45. The third-order valence-corrected chi connectivity index (χ3v) is 5.29. The fourth-order valence-electron chi connectivity index (χ4n) is 3.78. The van der Waals surface area contributed by atoms with Gasteiger partial charge in [-0.25, -0.2) is 15.0 Å². The van der Waals surface area contributed by atoms with E-state index in [1.807, 2.05) is 19.3 Å². The molecule has 6 nitrogen and oxygen atoms in total. The number of hydrogen-bond acceptors (Lipinski definition) is 5. The largest absolute Gasteiger partial charge is 0.383 e. The summed E-state index contributed by atoms with van der Waals surface area (Å²) in [5.41, 5.74) is 10.6. The maximum atomic E-state index is 5.64. The zero-order chi connectivity index (χ0) is 19.7. The smallest absolute Gasteiger partial charge is 0.219 e. The molecule has 0 spiro atoms. The second-order valence-electron chi connectivity index (χ2n) is 7.20. The first-order valence-electron chi connectivity index (χ1n) is 9.11. The van der Waals surface area contributed by atoms with Gasteiger partial charge >= 0.3 is 0 Å². The van der Waals surface area contributed by atoms with E-state index in [1.54, 1.807) is 19.5 Å². The molecule has 2 N–H and O–H groups in total. The van der Waals surface area contributed by atoms with E-state index in [9.17, 15) is 0 Å². The number of anilines is 1. The highest BCUT2D eigenvalue weighted by Gasteiger charge is 2.32. The third-order valence-electron chi connectivity index (χ3n) is 5.29. The van der Waals surface area contributed by atoms with Gasteiger partial charge in [-0.2, -0.15) is 0 Å². The summed E-state index contributed by atoms with van der Waals surface area (Å²) in [5, 5.41) is 1.14. The van der Waals surface area contributed by atoms with Crippen LogP contribution in [0, 0.1) is 0 Å². The van der Waals surface area contributed by atoms with E-state index in [0.29, 0.717) is 6.61 Å². The average Bonchev–Trinajstić information content (AvgIpc) is 3.06. The standard InChI is InChI=1S/C22H23N5O/c1-22(14-28-3,19-13-27(2)20-18(19)5-4-10-24-20)17-8-6-15(7-9-17)16-11-25-21(23)26-12-16/h4-13H,14H2,1-3H3,(H2,23,25,26). The number of nitrogens with zero attached hydrogens (tertiary/aromatic N) is 4. The van der Waals surface area contributed by atoms with E-state index >= 15 is 0 Å². The van der Waals surface area contributed by atoms with Crippen LogP contribution in [0.1, 0.15) is 18.1 Å². The molecule has 3 aromatic heterocycles. The number of benzene rings is 1. The van der Waals surface area contributed by atoms with Crippen LogP contribution in [0.4, 0.5) is 5.95 Å². The molecule has 3 heterocycles. The van der Waals surface area contributed by atoms with E-state index in [1.165, 1.54) is 11.1 Å². The summed E-state index contributed by atoms with van der Waals surface area (Å²) in [4.78, 5) is 12.7. The molecule has 1 unspecified atom stereocenters. The van der Waals surface area contributed by atoms with Gasteiger partial charge < -0.3 is 15.0 Å². The van der Waals surface area contributed by atoms with Crippen molar-refractivity contribution in [2.24, 2.45) is 7.05 Å². The van der Waals surface area contributed by atoms with E-state index < -0.39 is 0 Å². The molecule has 0 amide bonds. The number of methoxy groups -OCH3 is 1. The summed E-state index contributed by atoms with van der Waals surface area (Å²) in [6.45, 7) is 2.77. The highest BCUT2D eigenvalue weighted by molar-refractivity contribution is 5.82. The molecule has 0 aliphatic carbocycles. The van der Waals surface area contributed by atoms with Crippen molar-refractivity contribution < 1.29 is 4.74 Å². The van der Waals surface area contributed by atoms with Crippen LogP contribution in [0.2, 0.25) is 0 Å². The first kappa shape index (κ1) is 18.1. The SMILES string of the molecule is COCC(C)(c1ccc(-c2cnc(N)nc2)cc1)c1cn(C)c2ncccc12. The number of nitrogens with two attached hydrogens (primary N) is 1. The maximum absolute atomic E-state index is 5.64. The summed E-state index contributed by atoms with van der Waals surface area (Å²) in [6, 6.07) is 12.5. The van der Waals surface area contributed by atoms with Crippen LogP contribution in [0.15, 0.2) is 61.2 Å². The normalized spacial score (nSPS) is 13.5. The Hall–Kier alpha value is -3.25. The predicted octanol–water partition coefficient (Wildman–Crippen LogP) is 3.56. The molecule has 6 heteroatoms. The summed E-state index contributed by atoms with van der Waals surface area (Å²) in [5.74, 6) is 0.276. The molecule has 1 aromatic carbocycles. The lowest BCUT2D eigenvalue weighted by atomic mass is 9.76. The van der Waals surface area contributed by atoms with Crippen molar-refractivity contribution >= 4 is 17.0 Å². The third kappa shape index (κ3) is 3.01. The minimum atomic E-state index is -0.312. The molecule has 0 radical (unpaired) electrons. The Morgan fingerprint density at radius 2 is 1.75 bits per heavy atom. The lowest BCUT2D eigenvalue weighted by molar-refractivity contribution is 0.156. The minimum absolute atomic E-state index is 0.276. The Kier molecular flexibility index (Phi) is 4.57. The second kappa shape index (κ2) is 7.05. The van der Waals surface area contributed by atoms with Gasteiger partial charge in [0, 0.05) is 55.3 Å². The van der Waals surface area contributed by atoms with E-state index in [-0.39, 0.29) is 11.4 Å². The fraction of sp³-hybridized carbons (Fsp3) is 0.227. The number of aromatic nitrogens is 4. The molecule has 142 valence electrons. The molecule has 1 atom stereocenters. The van der Waals surface area contributed by atoms with Gasteiger partial charge in [-0.15, -0.1) is 0 Å². The van der Waals surface area contributed by atoms with E-state index in [0.717, 1.165) is 22.2 Å². The summed E-state index contributed by atoms with van der Waals surface area (Å²) >= 11 is 0. The molecule has 0 saturated carbocycles. The van der Waals surface area contributed by atoms with Crippen molar-refractivity contribution in [3.05, 3.63) is 72.3 Å². The Morgan fingerprint density at radius 1 is 1.04 bits per heavy atom. The molecule has 4 aromatic rings. The molecule has 4 rings (SSSR count). The molecule has 0 fully saturated rings. The van der Waals surface area contributed by atoms with Gasteiger partial charge in [-0.05, 0) is 35.7 Å². The number of pyridine rings is 1. The Morgan fingerprint density at radius 3 is 2.43 bits per heavy atom. The molecule has 0 aliphatic rings. The molecule has 0 bridgehead atoms. The first-order chi connectivity index (χ1) is 13.5. The lowest BCUT2D eigenvalue weighted by Gasteiger charge is -2.29. The van der Waals surface area contributed by atoms with Crippen LogP contribution in [-0.4, -0.2) is 33.2 Å². The molecule has 0 saturated heterocycles. The van der Waals surface area contributed by atoms with Gasteiger partial charge in [0.05, 0.1) is 6.61 Å². The molecular formula is C22H23N5O. The van der Waals surface area contributed by atoms with Crippen molar-refractivity contribution in [3.63, 3.8) is 0 Å². The van der Waals surface area contributed by atoms with Crippen LogP contribution in [0.3, 0.4) is 0 Å². The van der Waals surface area contributed by atoms with Crippen molar-refractivity contribution in [1.82, 2.24) is 19.5 Å². The van der Waals surface area contributed by atoms with Crippen molar-refractivity contribution in [1.29, 1.82) is 0 Å². The van der Waals surface area contributed by atoms with Crippen LogP contribution >= 0.6 is 0 Å². The molecule has 28 heavy (non-hydrogen) atoms. The van der Waals surface area contributed by atoms with Crippen molar-refractivity contribution in [2.75, 3.05) is 19.5 Å². The number of fused-ring (bicyclic) bond motifs is 1. The van der Waals surface area contributed by atoms with Crippen molar-refractivity contribution in [2.45, 2.75) is 12.3 Å². The topological polar surface area (TPSA) is 78.9 Å². The van der Waals surface area contributed by atoms with Crippen LogP contribution in [0.25, 0.3) is 22.2 Å². The number of nitrogen functional groups attached to an aromatic ring is 1. The van der Waals surface area contributed by atoms with E-state index in [2.05, 4.69) is 63.0 Å². The van der Waals surface area contributed by atoms with Gasteiger partial charge in [0.2, 0.25) is 5.95 Å². The lowest BCUT2D eigenvalue weighted by Crippen LogP contribution is -2.29. The summed E-state index contributed by atoms with van der Waals surface area (Å²) < 4.78 is 7.71. The monoisotopic (exact) mass is 373 g/mol. The maximum Gasteiger partial charge on any atom is 0.219 e. The first-order valence-corrected chi connectivity index (χ1v) is 9.11. The van der Waals surface area contributed by atoms with Crippen LogP contribution in [-0.2, 0) is 17.2 Å². The van der Waals surface area contributed by atoms with Gasteiger partial charge in [0.15, 0.2) is 0 Å². The number of ether oxygens (including phenoxy) is 1. The quantitative estimate of drug-likeness (QED) is 0.579. The second-order valence-corrected chi connectivity index (χ2v) is 7.20. The molecule has 0 aliphatic heterocycles. The summed E-state index contributed by atoms with van der Waals surface area (Å²) in [7, 11) is 3.76. The highest BCUT2D eigenvalue weighted by Crippen LogP contribution is 2.37. The van der Waals surface area contributed by atoms with Gasteiger partial charge in [0.25, 0.3) is 0 Å². The van der Waals surface area contributed by atoms with Gasteiger partial charge in [-0.1, -0.05) is 24.3 Å². The zero-order valence-electron chi connectivity index (χ0n) is 16.3. The van der Waals surface area contributed by atoms with Gasteiger partial charge in [-0.3, -0.25) is 0 Å². The van der Waals surface area contributed by atoms with Crippen LogP contribution < -0.4 is 5.73 Å². The van der Waals surface area contributed by atoms with Gasteiger partial charge in [0.1, 0.15) is 5.65 Å². The number of hydrogen-bond donors (Lipinski definition) is 1. The highest BCUT2D eigenvalue weighted by atomic mass is 16.5. The number of rotatable bonds is 5. The average molecular weight is 373 g/mol. The zero-order valence-corrected chi connectivity index (χ0v) is 16.3. The minimum Gasteiger partial charge on any atom is -0.383 e. The molecular weight excluding hydrogens is 350 g/mol. The predicted molar refractivity (Wildman–Crippen MR) is 111 cm³/mol. The van der Waals surface area contributed by atoms with E-state index in [4.69, 9.17) is 10.5 Å². The van der Waals surface area contributed by atoms with Crippen LogP contribution in [0.5, 0.6) is 0 Å². The Balaban J connectivity index is 1.79. The Bertz CT molecular complexity index is 1100. The Labute approximate surface area is 164 Å². The fourth-order valence-corrected chi connectivity index (χ4v) is 3.78. The van der Waals surface area contributed by atoms with Crippen molar-refractivity contribution in [3.8, 4) is 11.1 Å². The number of aryl methyl sites for hydroxylation is 1.